The van der Waals surface area contributed by atoms with E-state index in [4.69, 9.17) is 0 Å². The molecule has 0 aliphatic heterocycles. The summed E-state index contributed by atoms with van der Waals surface area (Å²) in [5, 5.41) is 2.77. The summed E-state index contributed by atoms with van der Waals surface area (Å²) < 4.78 is 0. The number of aromatic nitrogens is 1. The zero-order chi connectivity index (χ0) is 17.7. The third-order valence-corrected chi connectivity index (χ3v) is 3.80. The van der Waals surface area contributed by atoms with Gasteiger partial charge in [0, 0.05) is 32.6 Å². The van der Waals surface area contributed by atoms with Crippen molar-refractivity contribution in [2.45, 2.75) is 20.3 Å². The Bertz CT molecular complexity index is 737. The van der Waals surface area contributed by atoms with Gasteiger partial charge in [-0.2, -0.15) is 0 Å². The Morgan fingerprint density at radius 1 is 1.04 bits per heavy atom. The van der Waals surface area contributed by atoms with Gasteiger partial charge in [0.2, 0.25) is 5.91 Å². The van der Waals surface area contributed by atoms with Gasteiger partial charge < -0.3 is 10.2 Å². The molecule has 0 saturated heterocycles. The fourth-order valence-electron chi connectivity index (χ4n) is 2.29. The molecule has 0 saturated carbocycles. The molecular weight excluding hydrogens is 302 g/mol. The molecule has 1 aromatic carbocycles. The van der Waals surface area contributed by atoms with E-state index in [9.17, 15) is 9.59 Å². The lowest BCUT2D eigenvalue weighted by Gasteiger charge is -2.11. The molecule has 1 N–H and O–H groups in total. The second kappa shape index (κ2) is 7.73. The van der Waals surface area contributed by atoms with Crippen molar-refractivity contribution in [1.82, 2.24) is 15.2 Å². The van der Waals surface area contributed by atoms with Crippen LogP contribution in [-0.4, -0.2) is 42.3 Å². The number of pyridine rings is 1. The van der Waals surface area contributed by atoms with E-state index in [0.717, 1.165) is 11.3 Å². The zero-order valence-electron chi connectivity index (χ0n) is 14.6. The van der Waals surface area contributed by atoms with E-state index in [1.54, 1.807) is 20.2 Å². The molecule has 0 bridgehead atoms. The van der Waals surface area contributed by atoms with Crippen molar-refractivity contribution in [3.63, 3.8) is 0 Å². The molecule has 0 atom stereocenters. The molecule has 0 unspecified atom stereocenters. The van der Waals surface area contributed by atoms with Crippen LogP contribution in [-0.2, 0) is 4.79 Å². The number of carbonyl (C=O) groups excluding carboxylic acids is 2. The highest BCUT2D eigenvalue weighted by Crippen LogP contribution is 2.19. The van der Waals surface area contributed by atoms with Gasteiger partial charge in [0.1, 0.15) is 0 Å². The first-order valence-electron chi connectivity index (χ1n) is 7.91. The molecule has 0 aliphatic rings. The average Bonchev–Trinajstić information content (AvgIpc) is 2.55. The Balaban J connectivity index is 2.05. The summed E-state index contributed by atoms with van der Waals surface area (Å²) in [6, 6.07) is 11.7. The van der Waals surface area contributed by atoms with Gasteiger partial charge in [0.05, 0.1) is 17.0 Å². The van der Waals surface area contributed by atoms with Gasteiger partial charge in [-0.05, 0) is 26.0 Å². The maximum absolute atomic E-state index is 12.2. The summed E-state index contributed by atoms with van der Waals surface area (Å²) in [4.78, 5) is 29.8. The van der Waals surface area contributed by atoms with Crippen LogP contribution in [0.2, 0.25) is 0 Å². The van der Waals surface area contributed by atoms with Gasteiger partial charge in [0.25, 0.3) is 5.91 Å². The van der Waals surface area contributed by atoms with E-state index < -0.39 is 0 Å². The number of carbonyl (C=O) groups is 2. The smallest absolute Gasteiger partial charge is 0.253 e. The Morgan fingerprint density at radius 2 is 1.71 bits per heavy atom. The van der Waals surface area contributed by atoms with Gasteiger partial charge >= 0.3 is 0 Å². The summed E-state index contributed by atoms with van der Waals surface area (Å²) in [5.41, 5.74) is 4.26. The monoisotopic (exact) mass is 325 g/mol. The second-order valence-corrected chi connectivity index (χ2v) is 5.99. The van der Waals surface area contributed by atoms with Crippen LogP contribution in [0.4, 0.5) is 0 Å². The van der Waals surface area contributed by atoms with Gasteiger partial charge in [-0.1, -0.05) is 29.8 Å². The minimum Gasteiger partial charge on any atom is -0.351 e. The number of benzene rings is 1. The first-order chi connectivity index (χ1) is 11.4. The quantitative estimate of drug-likeness (QED) is 0.919. The standard InChI is InChI=1S/C19H23N3O2/c1-13-5-7-15(8-6-13)17-10-9-16(14(2)21-17)19(24)20-12-11-18(23)22(3)4/h5-10H,11-12H2,1-4H3,(H,20,24). The Kier molecular flexibility index (Phi) is 5.68. The summed E-state index contributed by atoms with van der Waals surface area (Å²) in [5.74, 6) is -0.220. The number of nitrogens with one attached hydrogen (secondary N) is 1. The van der Waals surface area contributed by atoms with Crippen LogP contribution in [0.3, 0.4) is 0 Å². The highest BCUT2D eigenvalue weighted by Gasteiger charge is 2.12. The average molecular weight is 325 g/mol. The highest BCUT2D eigenvalue weighted by molar-refractivity contribution is 5.95. The first-order valence-corrected chi connectivity index (χ1v) is 7.91. The van der Waals surface area contributed by atoms with Crippen molar-refractivity contribution in [3.05, 3.63) is 53.2 Å². The fraction of sp³-hybridized carbons (Fsp3) is 0.316. The zero-order valence-corrected chi connectivity index (χ0v) is 14.6. The largest absolute Gasteiger partial charge is 0.351 e. The van der Waals surface area contributed by atoms with Crippen molar-refractivity contribution >= 4 is 11.8 Å². The van der Waals surface area contributed by atoms with Crippen LogP contribution in [0.1, 0.15) is 28.0 Å². The molecule has 1 heterocycles. The Morgan fingerprint density at radius 3 is 2.29 bits per heavy atom. The van der Waals surface area contributed by atoms with E-state index in [-0.39, 0.29) is 18.2 Å². The first kappa shape index (κ1) is 17.7. The van der Waals surface area contributed by atoms with Crippen molar-refractivity contribution < 1.29 is 9.59 Å². The highest BCUT2D eigenvalue weighted by atomic mass is 16.2. The number of hydrogen-bond donors (Lipinski definition) is 1. The summed E-state index contributed by atoms with van der Waals surface area (Å²) in [6.45, 7) is 4.17. The van der Waals surface area contributed by atoms with Crippen LogP contribution in [0, 0.1) is 13.8 Å². The molecule has 0 aliphatic carbocycles. The van der Waals surface area contributed by atoms with Crippen molar-refractivity contribution in [3.8, 4) is 11.3 Å². The van der Waals surface area contributed by atoms with E-state index in [2.05, 4.69) is 10.3 Å². The lowest BCUT2D eigenvalue weighted by molar-refractivity contribution is -0.128. The predicted octanol–water partition coefficient (Wildman–Crippen LogP) is 2.57. The number of rotatable bonds is 5. The third-order valence-electron chi connectivity index (χ3n) is 3.80. The number of aryl methyl sites for hydroxylation is 2. The molecule has 0 radical (unpaired) electrons. The maximum Gasteiger partial charge on any atom is 0.253 e. The molecule has 126 valence electrons. The lowest BCUT2D eigenvalue weighted by atomic mass is 10.1. The van der Waals surface area contributed by atoms with Crippen molar-refractivity contribution in [1.29, 1.82) is 0 Å². The number of hydrogen-bond acceptors (Lipinski definition) is 3. The predicted molar refractivity (Wildman–Crippen MR) is 94.8 cm³/mol. The number of amides is 2. The number of nitrogens with zero attached hydrogens (tertiary/aromatic N) is 2. The van der Waals surface area contributed by atoms with Crippen LogP contribution >= 0.6 is 0 Å². The maximum atomic E-state index is 12.2. The van der Waals surface area contributed by atoms with Crippen molar-refractivity contribution in [2.24, 2.45) is 0 Å². The van der Waals surface area contributed by atoms with E-state index >= 15 is 0 Å². The summed E-state index contributed by atoms with van der Waals surface area (Å²) in [7, 11) is 3.39. The third kappa shape index (κ3) is 4.41. The summed E-state index contributed by atoms with van der Waals surface area (Å²) >= 11 is 0. The molecule has 5 heteroatoms. The Labute approximate surface area is 142 Å². The molecule has 0 spiro atoms. The second-order valence-electron chi connectivity index (χ2n) is 5.99. The Hall–Kier alpha value is -2.69. The van der Waals surface area contributed by atoms with Gasteiger partial charge in [-0.15, -0.1) is 0 Å². The fourth-order valence-corrected chi connectivity index (χ4v) is 2.29. The van der Waals surface area contributed by atoms with E-state index in [1.165, 1.54) is 10.5 Å². The van der Waals surface area contributed by atoms with Crippen LogP contribution in [0.15, 0.2) is 36.4 Å². The molecule has 1 aromatic heterocycles. The van der Waals surface area contributed by atoms with Gasteiger partial charge in [-0.3, -0.25) is 14.6 Å². The van der Waals surface area contributed by atoms with Crippen LogP contribution in [0.25, 0.3) is 11.3 Å². The minimum atomic E-state index is -0.206. The summed E-state index contributed by atoms with van der Waals surface area (Å²) in [6.07, 6.45) is 0.284. The normalized spacial score (nSPS) is 10.3. The lowest BCUT2D eigenvalue weighted by Crippen LogP contribution is -2.30. The van der Waals surface area contributed by atoms with Gasteiger partial charge in [0.15, 0.2) is 0 Å². The molecule has 24 heavy (non-hydrogen) atoms. The SMILES string of the molecule is Cc1ccc(-c2ccc(C(=O)NCCC(=O)N(C)C)c(C)n2)cc1. The van der Waals surface area contributed by atoms with Crippen LogP contribution in [0.5, 0.6) is 0 Å². The van der Waals surface area contributed by atoms with Crippen molar-refractivity contribution in [2.75, 3.05) is 20.6 Å². The van der Waals surface area contributed by atoms with Gasteiger partial charge in [-0.25, -0.2) is 0 Å². The molecule has 2 amide bonds. The minimum absolute atomic E-state index is 0.0140. The topological polar surface area (TPSA) is 62.3 Å². The molecular formula is C19H23N3O2. The molecule has 0 fully saturated rings. The molecule has 2 rings (SSSR count). The van der Waals surface area contributed by atoms with E-state index in [0.29, 0.717) is 17.8 Å². The van der Waals surface area contributed by atoms with Crippen LogP contribution < -0.4 is 5.32 Å². The molecule has 2 aromatic rings. The van der Waals surface area contributed by atoms with E-state index in [1.807, 2.05) is 44.2 Å². The molecule has 5 nitrogen and oxygen atoms in total.